The average molecular weight is 355 g/mol. The number of aromatic nitrogens is 3. The first-order chi connectivity index (χ1) is 12.7. The van der Waals surface area contributed by atoms with Crippen LogP contribution in [0.2, 0.25) is 0 Å². The molecule has 1 amide bonds. The molecule has 0 unspecified atom stereocenters. The van der Waals surface area contributed by atoms with Gasteiger partial charge in [-0.15, -0.1) is 10.2 Å². The molecule has 0 bridgehead atoms. The second kappa shape index (κ2) is 8.94. The van der Waals surface area contributed by atoms with Gasteiger partial charge in [0.1, 0.15) is 5.82 Å². The lowest BCUT2D eigenvalue weighted by Crippen LogP contribution is -2.25. The van der Waals surface area contributed by atoms with E-state index in [1.165, 1.54) is 5.56 Å². The van der Waals surface area contributed by atoms with Gasteiger partial charge in [0.05, 0.1) is 6.54 Å². The highest BCUT2D eigenvalue weighted by molar-refractivity contribution is 5.94. The standard InChI is InChI=1S/C20H29N5O/c1-3-11-24(12-4-2)15-16-7-9-17(10-8-16)20(26)21-14-19-23-22-18-6-5-13-25(18)19/h7-10H,3-6,11-15H2,1-2H3,(H,21,26). The topological polar surface area (TPSA) is 63.1 Å². The molecule has 0 atom stereocenters. The number of carbonyl (C=O) groups is 1. The summed E-state index contributed by atoms with van der Waals surface area (Å²) in [4.78, 5) is 14.9. The number of amides is 1. The van der Waals surface area contributed by atoms with Crippen LogP contribution in [0.15, 0.2) is 24.3 Å². The Hall–Kier alpha value is -2.21. The SMILES string of the molecule is CCCN(CCC)Cc1ccc(C(=O)NCc2nnc3n2CCC3)cc1. The van der Waals surface area contributed by atoms with Crippen molar-refractivity contribution in [2.45, 2.75) is 59.2 Å². The Morgan fingerprint density at radius 2 is 1.88 bits per heavy atom. The van der Waals surface area contributed by atoms with Gasteiger partial charge in [-0.2, -0.15) is 0 Å². The van der Waals surface area contributed by atoms with E-state index in [1.54, 1.807) is 0 Å². The number of hydrogen-bond acceptors (Lipinski definition) is 4. The van der Waals surface area contributed by atoms with Crippen molar-refractivity contribution in [1.29, 1.82) is 0 Å². The van der Waals surface area contributed by atoms with Crippen LogP contribution in [-0.2, 0) is 26.1 Å². The molecule has 0 saturated heterocycles. The van der Waals surface area contributed by atoms with Gasteiger partial charge in [-0.1, -0.05) is 26.0 Å². The molecule has 2 heterocycles. The summed E-state index contributed by atoms with van der Waals surface area (Å²) in [5.41, 5.74) is 1.94. The molecule has 1 aliphatic rings. The molecule has 6 nitrogen and oxygen atoms in total. The van der Waals surface area contributed by atoms with Crippen LogP contribution in [0.4, 0.5) is 0 Å². The summed E-state index contributed by atoms with van der Waals surface area (Å²) in [5.74, 6) is 1.81. The fourth-order valence-corrected chi connectivity index (χ4v) is 3.53. The summed E-state index contributed by atoms with van der Waals surface area (Å²) < 4.78 is 2.11. The van der Waals surface area contributed by atoms with E-state index in [2.05, 4.69) is 51.0 Å². The Kier molecular flexibility index (Phi) is 6.39. The lowest BCUT2D eigenvalue weighted by Gasteiger charge is -2.21. The molecule has 26 heavy (non-hydrogen) atoms. The van der Waals surface area contributed by atoms with Gasteiger partial charge in [0.15, 0.2) is 5.82 Å². The predicted molar refractivity (Wildman–Crippen MR) is 102 cm³/mol. The van der Waals surface area contributed by atoms with Crippen molar-refractivity contribution in [3.05, 3.63) is 47.0 Å². The van der Waals surface area contributed by atoms with E-state index in [0.29, 0.717) is 12.1 Å². The van der Waals surface area contributed by atoms with E-state index >= 15 is 0 Å². The third kappa shape index (κ3) is 4.49. The summed E-state index contributed by atoms with van der Waals surface area (Å²) in [6.07, 6.45) is 4.41. The summed E-state index contributed by atoms with van der Waals surface area (Å²) in [6.45, 7) is 8.96. The minimum Gasteiger partial charge on any atom is -0.345 e. The molecule has 3 rings (SSSR count). The van der Waals surface area contributed by atoms with Crippen molar-refractivity contribution in [2.24, 2.45) is 0 Å². The van der Waals surface area contributed by atoms with Crippen molar-refractivity contribution >= 4 is 5.91 Å². The van der Waals surface area contributed by atoms with Gasteiger partial charge >= 0.3 is 0 Å². The molecule has 0 aliphatic carbocycles. The van der Waals surface area contributed by atoms with Gasteiger partial charge in [0.2, 0.25) is 0 Å². The highest BCUT2D eigenvalue weighted by Gasteiger charge is 2.17. The second-order valence-corrected chi connectivity index (χ2v) is 6.94. The Bertz CT molecular complexity index is 716. The zero-order valence-corrected chi connectivity index (χ0v) is 15.9. The Morgan fingerprint density at radius 1 is 1.15 bits per heavy atom. The van der Waals surface area contributed by atoms with E-state index in [0.717, 1.165) is 63.5 Å². The van der Waals surface area contributed by atoms with Crippen molar-refractivity contribution in [1.82, 2.24) is 25.0 Å². The minimum atomic E-state index is -0.0640. The minimum absolute atomic E-state index is 0.0640. The summed E-state index contributed by atoms with van der Waals surface area (Å²) >= 11 is 0. The smallest absolute Gasteiger partial charge is 0.251 e. The molecule has 0 saturated carbocycles. The van der Waals surface area contributed by atoms with Crippen molar-refractivity contribution < 1.29 is 4.79 Å². The first-order valence-electron chi connectivity index (χ1n) is 9.71. The van der Waals surface area contributed by atoms with E-state index in [4.69, 9.17) is 0 Å². The Labute approximate surface area is 155 Å². The Morgan fingerprint density at radius 3 is 2.58 bits per heavy atom. The zero-order valence-electron chi connectivity index (χ0n) is 15.9. The number of benzene rings is 1. The van der Waals surface area contributed by atoms with Crippen LogP contribution >= 0.6 is 0 Å². The molecule has 2 aromatic rings. The van der Waals surface area contributed by atoms with Crippen molar-refractivity contribution in [3.63, 3.8) is 0 Å². The average Bonchev–Trinajstić information content (AvgIpc) is 3.25. The number of nitrogens with zero attached hydrogens (tertiary/aromatic N) is 4. The fraction of sp³-hybridized carbons (Fsp3) is 0.550. The van der Waals surface area contributed by atoms with E-state index in [1.807, 2.05) is 12.1 Å². The van der Waals surface area contributed by atoms with Gasteiger partial charge < -0.3 is 9.88 Å². The lowest BCUT2D eigenvalue weighted by atomic mass is 10.1. The monoisotopic (exact) mass is 355 g/mol. The molecular formula is C20H29N5O. The molecule has 1 aromatic heterocycles. The van der Waals surface area contributed by atoms with Crippen LogP contribution in [0, 0.1) is 0 Å². The molecule has 0 spiro atoms. The summed E-state index contributed by atoms with van der Waals surface area (Å²) in [6, 6.07) is 7.94. The van der Waals surface area contributed by atoms with E-state index < -0.39 is 0 Å². The van der Waals surface area contributed by atoms with Gasteiger partial charge in [0.25, 0.3) is 5.91 Å². The summed E-state index contributed by atoms with van der Waals surface area (Å²) in [7, 11) is 0. The van der Waals surface area contributed by atoms with Crippen LogP contribution in [0.5, 0.6) is 0 Å². The van der Waals surface area contributed by atoms with Crippen LogP contribution in [-0.4, -0.2) is 38.7 Å². The van der Waals surface area contributed by atoms with Gasteiger partial charge in [0, 0.05) is 25.1 Å². The zero-order chi connectivity index (χ0) is 18.4. The fourth-order valence-electron chi connectivity index (χ4n) is 3.53. The summed E-state index contributed by atoms with van der Waals surface area (Å²) in [5, 5.41) is 11.3. The van der Waals surface area contributed by atoms with Crippen LogP contribution in [0.25, 0.3) is 0 Å². The number of aryl methyl sites for hydroxylation is 1. The maximum atomic E-state index is 12.4. The molecule has 140 valence electrons. The maximum Gasteiger partial charge on any atom is 0.251 e. The second-order valence-electron chi connectivity index (χ2n) is 6.94. The molecule has 1 aliphatic heterocycles. The number of rotatable bonds is 9. The molecule has 6 heteroatoms. The number of fused-ring (bicyclic) bond motifs is 1. The molecule has 0 radical (unpaired) electrons. The molecular weight excluding hydrogens is 326 g/mol. The Balaban J connectivity index is 1.54. The van der Waals surface area contributed by atoms with Crippen LogP contribution in [0.1, 0.15) is 60.7 Å². The third-order valence-corrected chi connectivity index (χ3v) is 4.80. The molecule has 1 N–H and O–H groups in total. The van der Waals surface area contributed by atoms with Gasteiger partial charge in [-0.05, 0) is 50.0 Å². The number of carbonyl (C=O) groups excluding carboxylic acids is 1. The van der Waals surface area contributed by atoms with Crippen LogP contribution < -0.4 is 5.32 Å². The van der Waals surface area contributed by atoms with Gasteiger partial charge in [-0.3, -0.25) is 9.69 Å². The van der Waals surface area contributed by atoms with Gasteiger partial charge in [-0.25, -0.2) is 0 Å². The quantitative estimate of drug-likeness (QED) is 0.751. The van der Waals surface area contributed by atoms with E-state index in [-0.39, 0.29) is 5.91 Å². The molecule has 1 aromatic carbocycles. The van der Waals surface area contributed by atoms with Crippen LogP contribution in [0.3, 0.4) is 0 Å². The first kappa shape index (κ1) is 18.6. The van der Waals surface area contributed by atoms with Crippen molar-refractivity contribution in [2.75, 3.05) is 13.1 Å². The highest BCUT2D eigenvalue weighted by Crippen LogP contribution is 2.14. The van der Waals surface area contributed by atoms with Crippen molar-refractivity contribution in [3.8, 4) is 0 Å². The maximum absolute atomic E-state index is 12.4. The normalized spacial score (nSPS) is 13.2. The molecule has 0 fully saturated rings. The third-order valence-electron chi connectivity index (χ3n) is 4.80. The predicted octanol–water partition coefficient (Wildman–Crippen LogP) is 2.78. The number of nitrogens with one attached hydrogen (secondary N) is 1. The number of hydrogen-bond donors (Lipinski definition) is 1. The van der Waals surface area contributed by atoms with E-state index in [9.17, 15) is 4.79 Å². The highest BCUT2D eigenvalue weighted by atomic mass is 16.1. The first-order valence-corrected chi connectivity index (χ1v) is 9.71. The lowest BCUT2D eigenvalue weighted by molar-refractivity contribution is 0.0949. The largest absolute Gasteiger partial charge is 0.345 e.